The Kier molecular flexibility index (Phi) is 19.7. The molecule has 0 bridgehead atoms. The fourth-order valence-corrected chi connectivity index (χ4v) is 12.4. The van der Waals surface area contributed by atoms with Crippen molar-refractivity contribution in [2.45, 2.75) is 62.4 Å². The van der Waals surface area contributed by atoms with Crippen LogP contribution in [0.15, 0.2) is 60.7 Å². The van der Waals surface area contributed by atoms with Crippen LogP contribution in [0.2, 0.25) is 4.13 Å². The maximum absolute atomic E-state index is 8.52. The molecular weight excluding hydrogens is 597 g/mol. The molecule has 0 aliphatic heterocycles. The van der Waals surface area contributed by atoms with Crippen LogP contribution in [0.1, 0.15) is 58.3 Å². The molecule has 0 saturated heterocycles. The Labute approximate surface area is 190 Å². The molecule has 2 aromatic rings. The molecule has 0 radical (unpaired) electrons. The summed E-state index contributed by atoms with van der Waals surface area (Å²) in [6.45, 7) is 2.29. The second-order valence-corrected chi connectivity index (χ2v) is 16.6. The summed E-state index contributed by atoms with van der Waals surface area (Å²) < 4.78 is 38.9. The van der Waals surface area contributed by atoms with E-state index in [1.54, 1.807) is 6.54 Å². The number of benzene rings is 2. The molecule has 8 heteroatoms. The van der Waals surface area contributed by atoms with E-state index in [1.165, 1.54) is 55.5 Å². The minimum Gasteiger partial charge on any atom is -0.759 e. The largest absolute Gasteiger partial charge is 0.759 e. The maximum Gasteiger partial charge on any atom is 0.0311 e. The van der Waals surface area contributed by atoms with Crippen LogP contribution in [0.3, 0.4) is 0 Å². The Hall–Kier alpha value is -0.887. The number of unbranched alkanes of at least 4 members (excludes halogenated alkanes) is 7. The zero-order valence-corrected chi connectivity index (χ0v) is 22.9. The molecule has 30 heavy (non-hydrogen) atoms. The average Bonchev–Trinajstić information content (AvgIpc) is 2.67. The molecule has 172 valence electrons. The molecule has 0 amide bonds. The van der Waals surface area contributed by atoms with E-state index in [0.29, 0.717) is 0 Å². The summed E-state index contributed by atoms with van der Waals surface area (Å²) in [5.41, 5.74) is 0. The number of hydrogen-bond acceptors (Lipinski definition) is 4. The molecule has 0 heterocycles. The maximum atomic E-state index is 8.52. The van der Waals surface area contributed by atoms with Crippen molar-refractivity contribution in [3.05, 3.63) is 60.7 Å². The van der Waals surface area contributed by atoms with Crippen LogP contribution in [-0.4, -0.2) is 39.3 Å². The standard InChI is InChI=1S/C10H21.2C6H5.Bi.2H3N.H2O4S/c1-3-5-7-9-10-8-6-4-2;2*1-2-4-6-5-3-1;;;;1-5(2,3)4/h1,3-10H2,2H3;2*1-5H;;2*1H3;(H2,1,2,3,4). The van der Waals surface area contributed by atoms with Crippen molar-refractivity contribution in [3.8, 4) is 0 Å². The van der Waals surface area contributed by atoms with Gasteiger partial charge in [0.25, 0.3) is 0 Å². The van der Waals surface area contributed by atoms with Crippen molar-refractivity contribution < 1.29 is 17.5 Å². The molecular formula is C22H39BiN2O4S. The predicted octanol–water partition coefficient (Wildman–Crippen LogP) is 4.85. The summed E-state index contributed by atoms with van der Waals surface area (Å²) in [5, 5.41) is 0. The summed E-state index contributed by atoms with van der Waals surface area (Å²) in [5.74, 6) is 0. The summed E-state index contributed by atoms with van der Waals surface area (Å²) >= 11 is -1.75. The van der Waals surface area contributed by atoms with Crippen molar-refractivity contribution in [2.24, 2.45) is 0 Å². The van der Waals surface area contributed by atoms with Gasteiger partial charge >= 0.3 is 151 Å². The van der Waals surface area contributed by atoms with E-state index in [2.05, 4.69) is 67.6 Å². The van der Waals surface area contributed by atoms with Gasteiger partial charge in [0.2, 0.25) is 0 Å². The smallest absolute Gasteiger partial charge is 0.0311 e. The third kappa shape index (κ3) is 16.9. The van der Waals surface area contributed by atoms with Crippen molar-refractivity contribution in [1.29, 1.82) is 0 Å². The Morgan fingerprint density at radius 2 is 1.00 bits per heavy atom. The molecule has 0 saturated carbocycles. The SMILES string of the molecule is CCCCCCCCC[CH2][Bi]([c]1ccccc1)[c]1ccccc1.O=S(=O)([O-])[O-].[NH4+].[NH4+]. The van der Waals surface area contributed by atoms with E-state index >= 15 is 0 Å². The first-order valence-electron chi connectivity index (χ1n) is 9.96. The quantitative estimate of drug-likeness (QED) is 0.157. The molecule has 0 fully saturated rings. The van der Waals surface area contributed by atoms with Gasteiger partial charge in [-0.05, 0) is 0 Å². The van der Waals surface area contributed by atoms with Crippen LogP contribution < -0.4 is 18.8 Å². The monoisotopic (exact) mass is 636 g/mol. The van der Waals surface area contributed by atoms with Crippen molar-refractivity contribution in [3.63, 3.8) is 0 Å². The molecule has 0 aliphatic carbocycles. The summed E-state index contributed by atoms with van der Waals surface area (Å²) in [6.07, 6.45) is 11.4. The molecule has 6 nitrogen and oxygen atoms in total. The van der Waals surface area contributed by atoms with Gasteiger partial charge in [-0.2, -0.15) is 0 Å². The summed E-state index contributed by atoms with van der Waals surface area (Å²) in [7, 11) is -5.17. The van der Waals surface area contributed by atoms with Gasteiger partial charge in [-0.15, -0.1) is 0 Å². The minimum atomic E-state index is -5.17. The van der Waals surface area contributed by atoms with Crippen LogP contribution in [0, 0.1) is 0 Å². The first-order chi connectivity index (χ1) is 13.4. The van der Waals surface area contributed by atoms with Gasteiger partial charge in [0.05, 0.1) is 0 Å². The van der Waals surface area contributed by atoms with Crippen molar-refractivity contribution in [2.75, 3.05) is 0 Å². The molecule has 0 aliphatic rings. The van der Waals surface area contributed by atoms with Gasteiger partial charge in [0, 0.05) is 10.4 Å². The van der Waals surface area contributed by atoms with Gasteiger partial charge < -0.3 is 21.4 Å². The van der Waals surface area contributed by atoms with E-state index in [0.717, 1.165) is 0 Å². The number of quaternary nitrogens is 2. The first kappa shape index (κ1) is 31.3. The average molecular weight is 637 g/mol. The van der Waals surface area contributed by atoms with E-state index < -0.39 is 32.1 Å². The van der Waals surface area contributed by atoms with Gasteiger partial charge in [-0.3, -0.25) is 8.42 Å². The molecule has 2 rings (SSSR count). The van der Waals surface area contributed by atoms with Crippen LogP contribution >= 0.6 is 0 Å². The Balaban J connectivity index is 0. The molecule has 0 atom stereocenters. The third-order valence-corrected chi connectivity index (χ3v) is 14.5. The van der Waals surface area contributed by atoms with Crippen LogP contribution in [0.5, 0.6) is 0 Å². The van der Waals surface area contributed by atoms with Gasteiger partial charge in [-0.25, -0.2) is 0 Å². The predicted molar refractivity (Wildman–Crippen MR) is 128 cm³/mol. The molecule has 8 N–H and O–H groups in total. The van der Waals surface area contributed by atoms with E-state index in [-0.39, 0.29) is 12.3 Å². The van der Waals surface area contributed by atoms with E-state index in [9.17, 15) is 0 Å². The Morgan fingerprint density at radius 1 is 0.667 bits per heavy atom. The second kappa shape index (κ2) is 18.8. The number of hydrogen-bond donors (Lipinski definition) is 2. The second-order valence-electron chi connectivity index (χ2n) is 6.71. The Bertz CT molecular complexity index is 684. The van der Waals surface area contributed by atoms with Crippen molar-refractivity contribution in [1.82, 2.24) is 12.3 Å². The summed E-state index contributed by atoms with van der Waals surface area (Å²) in [4.78, 5) is 0. The topological polar surface area (TPSA) is 153 Å². The van der Waals surface area contributed by atoms with Crippen LogP contribution in [-0.2, 0) is 10.4 Å². The van der Waals surface area contributed by atoms with Gasteiger partial charge in [0.1, 0.15) is 0 Å². The Morgan fingerprint density at radius 3 is 1.37 bits per heavy atom. The summed E-state index contributed by atoms with van der Waals surface area (Å²) in [6, 6.07) is 22.6. The molecule has 2 aromatic carbocycles. The first-order valence-corrected chi connectivity index (χ1v) is 17.2. The normalized spacial score (nSPS) is 10.4. The van der Waals surface area contributed by atoms with Crippen molar-refractivity contribution >= 4 is 38.7 Å². The van der Waals surface area contributed by atoms with Crippen LogP contribution in [0.25, 0.3) is 0 Å². The van der Waals surface area contributed by atoms with Crippen LogP contribution in [0.4, 0.5) is 0 Å². The number of rotatable bonds is 11. The molecule has 0 aromatic heterocycles. The molecule has 0 unspecified atom stereocenters. The van der Waals surface area contributed by atoms with Gasteiger partial charge in [-0.1, -0.05) is 0 Å². The zero-order chi connectivity index (χ0) is 20.7. The van der Waals surface area contributed by atoms with E-state index in [1.807, 2.05) is 0 Å². The van der Waals surface area contributed by atoms with E-state index in [4.69, 9.17) is 17.5 Å². The molecule has 0 spiro atoms. The fourth-order valence-electron chi connectivity index (χ4n) is 3.03. The zero-order valence-electron chi connectivity index (χ0n) is 18.6. The third-order valence-electron chi connectivity index (χ3n) is 4.37. The fraction of sp³-hybridized carbons (Fsp3) is 0.455. The van der Waals surface area contributed by atoms with Gasteiger partial charge in [0.15, 0.2) is 0 Å². The minimum absolute atomic E-state index is 0.